The summed E-state index contributed by atoms with van der Waals surface area (Å²) in [5, 5.41) is 3.16. The molecule has 0 unspecified atom stereocenters. The van der Waals surface area contributed by atoms with Gasteiger partial charge in [-0.2, -0.15) is 0 Å². The summed E-state index contributed by atoms with van der Waals surface area (Å²) in [5.41, 5.74) is 0. The molecule has 1 aromatic heterocycles. The molecule has 0 radical (unpaired) electrons. The van der Waals surface area contributed by atoms with E-state index in [1.807, 2.05) is 6.20 Å². The summed E-state index contributed by atoms with van der Waals surface area (Å²) in [5.74, 6) is 0.869. The Hall–Kier alpha value is -0.990. The van der Waals surface area contributed by atoms with Crippen LogP contribution in [0.3, 0.4) is 0 Å². The minimum absolute atomic E-state index is 0.869. The van der Waals surface area contributed by atoms with Gasteiger partial charge in [0.05, 0.1) is 0 Å². The maximum atomic E-state index is 4.02. The molecule has 0 bridgehead atoms. The molecule has 1 rings (SSSR count). The molecule has 0 aliphatic rings. The molecule has 1 heterocycles. The lowest BCUT2D eigenvalue weighted by molar-refractivity contribution is 0.828. The molecule has 0 saturated carbocycles. The van der Waals surface area contributed by atoms with Crippen molar-refractivity contribution in [3.05, 3.63) is 12.4 Å². The number of unbranched alkanes of at least 4 members (excludes halogenated alkanes) is 1. The van der Waals surface area contributed by atoms with Gasteiger partial charge in [0.2, 0.25) is 0 Å². The van der Waals surface area contributed by atoms with E-state index in [2.05, 4.69) is 22.2 Å². The second-order valence-corrected chi connectivity index (χ2v) is 2.22. The molecule has 3 heteroatoms. The summed E-state index contributed by atoms with van der Waals surface area (Å²) in [6.45, 7) is 3.17. The van der Waals surface area contributed by atoms with Gasteiger partial charge in [-0.25, -0.2) is 4.98 Å². The van der Waals surface area contributed by atoms with Crippen molar-refractivity contribution >= 4 is 5.95 Å². The SMILES string of the molecule is CCCCNc1ncc[nH]1. The number of anilines is 1. The predicted molar refractivity (Wildman–Crippen MR) is 42.0 cm³/mol. The van der Waals surface area contributed by atoms with Crippen molar-refractivity contribution in [3.63, 3.8) is 0 Å². The first-order valence-corrected chi connectivity index (χ1v) is 3.66. The number of aromatic nitrogens is 2. The number of nitrogens with zero attached hydrogens (tertiary/aromatic N) is 1. The van der Waals surface area contributed by atoms with Gasteiger partial charge in [-0.05, 0) is 6.42 Å². The van der Waals surface area contributed by atoms with Crippen LogP contribution in [0.25, 0.3) is 0 Å². The van der Waals surface area contributed by atoms with Crippen LogP contribution in [0.5, 0.6) is 0 Å². The van der Waals surface area contributed by atoms with Crippen LogP contribution in [-0.2, 0) is 0 Å². The molecule has 0 aliphatic carbocycles. The third-order valence-electron chi connectivity index (χ3n) is 1.32. The van der Waals surface area contributed by atoms with E-state index in [0.29, 0.717) is 0 Å². The molecule has 1 aromatic rings. The van der Waals surface area contributed by atoms with Crippen LogP contribution in [-0.4, -0.2) is 16.5 Å². The van der Waals surface area contributed by atoms with Crippen molar-refractivity contribution in [1.29, 1.82) is 0 Å². The first kappa shape index (κ1) is 7.12. The third-order valence-corrected chi connectivity index (χ3v) is 1.32. The zero-order valence-electron chi connectivity index (χ0n) is 6.22. The molecule has 10 heavy (non-hydrogen) atoms. The van der Waals surface area contributed by atoms with Gasteiger partial charge < -0.3 is 10.3 Å². The Labute approximate surface area is 60.9 Å². The Morgan fingerprint density at radius 2 is 2.60 bits per heavy atom. The lowest BCUT2D eigenvalue weighted by Crippen LogP contribution is -2.01. The third kappa shape index (κ3) is 2.09. The Morgan fingerprint density at radius 1 is 1.70 bits per heavy atom. The Bertz CT molecular complexity index is 157. The van der Waals surface area contributed by atoms with Gasteiger partial charge in [-0.3, -0.25) is 0 Å². The lowest BCUT2D eigenvalue weighted by atomic mass is 10.3. The highest BCUT2D eigenvalue weighted by Gasteiger charge is 1.88. The van der Waals surface area contributed by atoms with Gasteiger partial charge in [0.15, 0.2) is 5.95 Å². The molecular weight excluding hydrogens is 126 g/mol. The normalized spacial score (nSPS) is 9.70. The van der Waals surface area contributed by atoms with E-state index in [1.54, 1.807) is 6.20 Å². The summed E-state index contributed by atoms with van der Waals surface area (Å²) in [4.78, 5) is 7.00. The lowest BCUT2D eigenvalue weighted by Gasteiger charge is -1.98. The Kier molecular flexibility index (Phi) is 2.80. The van der Waals surface area contributed by atoms with Crippen LogP contribution in [0.2, 0.25) is 0 Å². The number of hydrogen-bond donors (Lipinski definition) is 2. The second-order valence-electron chi connectivity index (χ2n) is 2.22. The van der Waals surface area contributed by atoms with Crippen LogP contribution in [0, 0.1) is 0 Å². The smallest absolute Gasteiger partial charge is 0.200 e. The van der Waals surface area contributed by atoms with E-state index < -0.39 is 0 Å². The zero-order valence-corrected chi connectivity index (χ0v) is 6.22. The summed E-state index contributed by atoms with van der Waals surface area (Å²) in [6, 6.07) is 0. The van der Waals surface area contributed by atoms with Crippen molar-refractivity contribution in [1.82, 2.24) is 9.97 Å². The van der Waals surface area contributed by atoms with Crippen molar-refractivity contribution in [2.24, 2.45) is 0 Å². The number of H-pyrrole nitrogens is 1. The Balaban J connectivity index is 2.15. The molecule has 0 amide bonds. The first-order valence-electron chi connectivity index (χ1n) is 3.66. The molecule has 0 atom stereocenters. The summed E-state index contributed by atoms with van der Waals surface area (Å²) in [6.07, 6.45) is 5.97. The monoisotopic (exact) mass is 139 g/mol. The minimum Gasteiger partial charge on any atom is -0.356 e. The van der Waals surface area contributed by atoms with E-state index in [-0.39, 0.29) is 0 Å². The predicted octanol–water partition coefficient (Wildman–Crippen LogP) is 1.62. The number of imidazole rings is 1. The second kappa shape index (κ2) is 3.93. The van der Waals surface area contributed by atoms with Gasteiger partial charge in [0.1, 0.15) is 0 Å². The van der Waals surface area contributed by atoms with Gasteiger partial charge >= 0.3 is 0 Å². The van der Waals surface area contributed by atoms with E-state index in [0.717, 1.165) is 12.5 Å². The highest BCUT2D eigenvalue weighted by atomic mass is 15.1. The molecule has 0 fully saturated rings. The maximum Gasteiger partial charge on any atom is 0.200 e. The van der Waals surface area contributed by atoms with Gasteiger partial charge in [-0.1, -0.05) is 13.3 Å². The average Bonchev–Trinajstić information content (AvgIpc) is 2.41. The fraction of sp³-hybridized carbons (Fsp3) is 0.571. The van der Waals surface area contributed by atoms with Crippen LogP contribution in [0.1, 0.15) is 19.8 Å². The van der Waals surface area contributed by atoms with Crippen molar-refractivity contribution in [2.45, 2.75) is 19.8 Å². The molecule has 0 saturated heterocycles. The highest BCUT2D eigenvalue weighted by molar-refractivity contribution is 5.21. The molecule has 3 nitrogen and oxygen atoms in total. The molecular formula is C7H13N3. The molecule has 56 valence electrons. The molecule has 2 N–H and O–H groups in total. The zero-order chi connectivity index (χ0) is 7.23. The Morgan fingerprint density at radius 3 is 3.20 bits per heavy atom. The number of nitrogens with one attached hydrogen (secondary N) is 2. The number of aromatic amines is 1. The molecule has 0 aliphatic heterocycles. The largest absolute Gasteiger partial charge is 0.356 e. The van der Waals surface area contributed by atoms with Crippen LogP contribution >= 0.6 is 0 Å². The van der Waals surface area contributed by atoms with E-state index >= 15 is 0 Å². The number of hydrogen-bond acceptors (Lipinski definition) is 2. The van der Waals surface area contributed by atoms with Crippen LogP contribution in [0.15, 0.2) is 12.4 Å². The number of rotatable bonds is 4. The summed E-state index contributed by atoms with van der Waals surface area (Å²) >= 11 is 0. The molecule has 0 aromatic carbocycles. The topological polar surface area (TPSA) is 40.7 Å². The van der Waals surface area contributed by atoms with E-state index in [4.69, 9.17) is 0 Å². The van der Waals surface area contributed by atoms with Gasteiger partial charge in [0.25, 0.3) is 0 Å². The van der Waals surface area contributed by atoms with Crippen LogP contribution < -0.4 is 5.32 Å². The fourth-order valence-electron chi connectivity index (χ4n) is 0.746. The van der Waals surface area contributed by atoms with Crippen molar-refractivity contribution in [2.75, 3.05) is 11.9 Å². The molecule has 0 spiro atoms. The standard InChI is InChI=1S/C7H13N3/c1-2-3-4-8-7-9-5-6-10-7/h5-6H,2-4H2,1H3,(H2,8,9,10). The summed E-state index contributed by atoms with van der Waals surface area (Å²) in [7, 11) is 0. The van der Waals surface area contributed by atoms with Crippen molar-refractivity contribution in [3.8, 4) is 0 Å². The van der Waals surface area contributed by atoms with Gasteiger partial charge in [0, 0.05) is 18.9 Å². The fourth-order valence-corrected chi connectivity index (χ4v) is 0.746. The van der Waals surface area contributed by atoms with E-state index in [1.165, 1.54) is 12.8 Å². The van der Waals surface area contributed by atoms with Crippen molar-refractivity contribution < 1.29 is 0 Å². The van der Waals surface area contributed by atoms with Gasteiger partial charge in [-0.15, -0.1) is 0 Å². The maximum absolute atomic E-state index is 4.02. The van der Waals surface area contributed by atoms with E-state index in [9.17, 15) is 0 Å². The highest BCUT2D eigenvalue weighted by Crippen LogP contribution is 1.95. The quantitative estimate of drug-likeness (QED) is 0.622. The average molecular weight is 139 g/mol. The summed E-state index contributed by atoms with van der Waals surface area (Å²) < 4.78 is 0. The first-order chi connectivity index (χ1) is 4.93. The minimum atomic E-state index is 0.869. The van der Waals surface area contributed by atoms with Crippen LogP contribution in [0.4, 0.5) is 5.95 Å².